The Morgan fingerprint density at radius 3 is 0.781 bits per heavy atom. The first-order valence-corrected chi connectivity index (χ1v) is 32.1. The Balaban J connectivity index is 4.33. The van der Waals surface area contributed by atoms with Crippen molar-refractivity contribution in [3.8, 4) is 0 Å². The van der Waals surface area contributed by atoms with Gasteiger partial charge in [-0.1, -0.05) is 288 Å². The molecule has 6 heteroatoms. The van der Waals surface area contributed by atoms with Gasteiger partial charge in [-0.15, -0.1) is 0 Å². The van der Waals surface area contributed by atoms with Crippen LogP contribution in [0.2, 0.25) is 0 Å². The summed E-state index contributed by atoms with van der Waals surface area (Å²) in [6.07, 6.45) is 76.8. The number of hydrogen-bond acceptors (Lipinski definition) is 6. The van der Waals surface area contributed by atoms with Crippen molar-refractivity contribution in [1.29, 1.82) is 0 Å². The SMILES string of the molecule is CCCCC/C=C\C/C=C\CCCCCCCCCCCC(=O)OC(COC(=O)CCCCCCC/C=C\C/C=C\CCCCC)COC(=O)CCCCCCCCCCCCCCCCCCCCCCC. The third-order valence-corrected chi connectivity index (χ3v) is 14.3. The molecule has 0 saturated carbocycles. The molecule has 0 amide bonds. The highest BCUT2D eigenvalue weighted by molar-refractivity contribution is 5.71. The molecule has 0 aliphatic rings. The van der Waals surface area contributed by atoms with Gasteiger partial charge in [0.15, 0.2) is 6.10 Å². The summed E-state index contributed by atoms with van der Waals surface area (Å²) >= 11 is 0. The number of rotatable bonds is 59. The lowest BCUT2D eigenvalue weighted by molar-refractivity contribution is -0.167. The molecule has 1 unspecified atom stereocenters. The molecule has 426 valence electrons. The maximum atomic E-state index is 12.9. The van der Waals surface area contributed by atoms with Crippen molar-refractivity contribution in [3.63, 3.8) is 0 Å². The maximum Gasteiger partial charge on any atom is 0.306 e. The van der Waals surface area contributed by atoms with E-state index in [1.807, 2.05) is 0 Å². The second-order valence-electron chi connectivity index (χ2n) is 21.7. The van der Waals surface area contributed by atoms with Crippen LogP contribution in [0, 0.1) is 0 Å². The smallest absolute Gasteiger partial charge is 0.306 e. The molecule has 0 aliphatic carbocycles. The summed E-state index contributed by atoms with van der Waals surface area (Å²) in [5.41, 5.74) is 0. The average molecular weight is 1020 g/mol. The number of allylic oxidation sites excluding steroid dienone is 8. The fraction of sp³-hybridized carbons (Fsp3) is 0.836. The molecule has 6 nitrogen and oxygen atoms in total. The molecule has 73 heavy (non-hydrogen) atoms. The Morgan fingerprint density at radius 2 is 0.493 bits per heavy atom. The van der Waals surface area contributed by atoms with E-state index in [-0.39, 0.29) is 31.1 Å². The number of esters is 3. The first-order valence-electron chi connectivity index (χ1n) is 32.1. The molecular weight excluding hydrogens is 901 g/mol. The first kappa shape index (κ1) is 70.4. The van der Waals surface area contributed by atoms with Crippen LogP contribution in [-0.4, -0.2) is 37.2 Å². The zero-order valence-corrected chi connectivity index (χ0v) is 48.9. The minimum atomic E-state index is -0.780. The van der Waals surface area contributed by atoms with E-state index in [9.17, 15) is 14.4 Å². The normalized spacial score (nSPS) is 12.3. The van der Waals surface area contributed by atoms with E-state index >= 15 is 0 Å². The number of carbonyl (C=O) groups is 3. The molecule has 0 radical (unpaired) electrons. The molecule has 0 aliphatic heterocycles. The predicted molar refractivity (Wildman–Crippen MR) is 316 cm³/mol. The summed E-state index contributed by atoms with van der Waals surface area (Å²) in [7, 11) is 0. The summed E-state index contributed by atoms with van der Waals surface area (Å²) in [6, 6.07) is 0. The number of ether oxygens (including phenoxy) is 3. The fourth-order valence-electron chi connectivity index (χ4n) is 9.45. The second kappa shape index (κ2) is 61.9. The summed E-state index contributed by atoms with van der Waals surface area (Å²) in [5, 5.41) is 0. The van der Waals surface area contributed by atoms with E-state index < -0.39 is 6.10 Å². The molecule has 0 spiro atoms. The van der Waals surface area contributed by atoms with Gasteiger partial charge in [-0.25, -0.2) is 0 Å². The van der Waals surface area contributed by atoms with Gasteiger partial charge in [-0.2, -0.15) is 0 Å². The van der Waals surface area contributed by atoms with Crippen LogP contribution in [-0.2, 0) is 28.6 Å². The van der Waals surface area contributed by atoms with Gasteiger partial charge < -0.3 is 14.2 Å². The molecule has 1 atom stereocenters. The molecule has 0 aromatic heterocycles. The Hall–Kier alpha value is -2.63. The van der Waals surface area contributed by atoms with Gasteiger partial charge >= 0.3 is 17.9 Å². The standard InChI is InChI=1S/C67H122O6/c1-4-7-10-13-16-19-22-25-28-30-32-33-35-36-39-42-45-48-51-54-57-60-66(69)72-63-64(62-71-65(68)59-56-53-50-47-44-41-38-27-24-21-18-15-12-9-6-3)73-67(70)61-58-55-52-49-46-43-40-37-34-31-29-26-23-20-17-14-11-8-5-2/h17-18,20-21,26-27,29,38,64H,4-16,19,22-25,28,30-37,39-63H2,1-3H3/b20-17-,21-18-,29-26-,38-27-. The zero-order chi connectivity index (χ0) is 52.9. The van der Waals surface area contributed by atoms with Crippen molar-refractivity contribution >= 4 is 17.9 Å². The van der Waals surface area contributed by atoms with Crippen LogP contribution in [0.25, 0.3) is 0 Å². The Kier molecular flexibility index (Phi) is 59.7. The molecule has 0 rings (SSSR count). The van der Waals surface area contributed by atoms with Gasteiger partial charge in [0.2, 0.25) is 0 Å². The summed E-state index contributed by atoms with van der Waals surface area (Å²) in [6.45, 7) is 6.63. The fourth-order valence-corrected chi connectivity index (χ4v) is 9.45. The van der Waals surface area contributed by atoms with Crippen LogP contribution in [0.5, 0.6) is 0 Å². The largest absolute Gasteiger partial charge is 0.462 e. The van der Waals surface area contributed by atoms with Crippen LogP contribution in [0.1, 0.15) is 342 Å². The maximum absolute atomic E-state index is 12.9. The molecular formula is C67H122O6. The van der Waals surface area contributed by atoms with E-state index in [1.54, 1.807) is 0 Å². The lowest BCUT2D eigenvalue weighted by atomic mass is 10.0. The van der Waals surface area contributed by atoms with Gasteiger partial charge in [-0.05, 0) is 83.5 Å². The van der Waals surface area contributed by atoms with Crippen molar-refractivity contribution in [2.24, 2.45) is 0 Å². The molecule has 0 bridgehead atoms. The molecule has 0 saturated heterocycles. The van der Waals surface area contributed by atoms with E-state index in [0.717, 1.165) is 83.5 Å². The summed E-state index contributed by atoms with van der Waals surface area (Å²) < 4.78 is 16.9. The van der Waals surface area contributed by atoms with Crippen LogP contribution < -0.4 is 0 Å². The highest BCUT2D eigenvalue weighted by atomic mass is 16.6. The summed E-state index contributed by atoms with van der Waals surface area (Å²) in [4.78, 5) is 38.3. The lowest BCUT2D eigenvalue weighted by Crippen LogP contribution is -2.30. The third-order valence-electron chi connectivity index (χ3n) is 14.3. The number of unbranched alkanes of at least 4 members (excludes halogenated alkanes) is 40. The van der Waals surface area contributed by atoms with Crippen LogP contribution >= 0.6 is 0 Å². The minimum absolute atomic E-state index is 0.0758. The van der Waals surface area contributed by atoms with E-state index in [1.165, 1.54) is 218 Å². The average Bonchev–Trinajstić information content (AvgIpc) is 3.39. The van der Waals surface area contributed by atoms with Crippen molar-refractivity contribution in [2.45, 2.75) is 348 Å². The van der Waals surface area contributed by atoms with Crippen LogP contribution in [0.3, 0.4) is 0 Å². The minimum Gasteiger partial charge on any atom is -0.462 e. The molecule has 0 aromatic carbocycles. The monoisotopic (exact) mass is 1020 g/mol. The topological polar surface area (TPSA) is 78.9 Å². The zero-order valence-electron chi connectivity index (χ0n) is 48.9. The van der Waals surface area contributed by atoms with Gasteiger partial charge in [0.25, 0.3) is 0 Å². The van der Waals surface area contributed by atoms with Crippen molar-refractivity contribution in [3.05, 3.63) is 48.6 Å². The van der Waals surface area contributed by atoms with Gasteiger partial charge in [0, 0.05) is 19.3 Å². The molecule has 0 N–H and O–H groups in total. The van der Waals surface area contributed by atoms with Crippen LogP contribution in [0.4, 0.5) is 0 Å². The van der Waals surface area contributed by atoms with Gasteiger partial charge in [-0.3, -0.25) is 14.4 Å². The van der Waals surface area contributed by atoms with E-state index in [2.05, 4.69) is 69.4 Å². The highest BCUT2D eigenvalue weighted by Gasteiger charge is 2.19. The van der Waals surface area contributed by atoms with E-state index in [0.29, 0.717) is 19.3 Å². The highest BCUT2D eigenvalue weighted by Crippen LogP contribution is 2.17. The molecule has 0 aromatic rings. The van der Waals surface area contributed by atoms with Crippen LogP contribution in [0.15, 0.2) is 48.6 Å². The Morgan fingerprint density at radius 1 is 0.274 bits per heavy atom. The lowest BCUT2D eigenvalue weighted by Gasteiger charge is -2.18. The predicted octanol–water partition coefficient (Wildman–Crippen LogP) is 21.8. The number of carbonyl (C=O) groups excluding carboxylic acids is 3. The van der Waals surface area contributed by atoms with Gasteiger partial charge in [0.05, 0.1) is 0 Å². The molecule has 0 heterocycles. The third kappa shape index (κ3) is 60.1. The number of hydrogen-bond donors (Lipinski definition) is 0. The quantitative estimate of drug-likeness (QED) is 0.0261. The molecule has 0 fully saturated rings. The second-order valence-corrected chi connectivity index (χ2v) is 21.7. The summed E-state index contributed by atoms with van der Waals surface area (Å²) in [5.74, 6) is -0.873. The van der Waals surface area contributed by atoms with Crippen molar-refractivity contribution < 1.29 is 28.6 Å². The first-order chi connectivity index (χ1) is 36.0. The van der Waals surface area contributed by atoms with E-state index in [4.69, 9.17) is 14.2 Å². The van der Waals surface area contributed by atoms with Gasteiger partial charge in [0.1, 0.15) is 13.2 Å². The van der Waals surface area contributed by atoms with Crippen molar-refractivity contribution in [2.75, 3.05) is 13.2 Å². The Labute approximate surface area is 454 Å². The van der Waals surface area contributed by atoms with Crippen molar-refractivity contribution in [1.82, 2.24) is 0 Å². The Bertz CT molecular complexity index is 1270.